The molecule has 15 heavy (non-hydrogen) atoms. The lowest BCUT2D eigenvalue weighted by Crippen LogP contribution is -2.04. The van der Waals surface area contributed by atoms with Crippen molar-refractivity contribution < 1.29 is 0 Å². The Morgan fingerprint density at radius 1 is 1.13 bits per heavy atom. The van der Waals surface area contributed by atoms with Crippen LogP contribution in [0.2, 0.25) is 10.0 Å². The zero-order valence-electron chi connectivity index (χ0n) is 8.79. The van der Waals surface area contributed by atoms with Crippen molar-refractivity contribution in [1.29, 1.82) is 0 Å². The molecule has 0 saturated heterocycles. The van der Waals surface area contributed by atoms with Gasteiger partial charge in [-0.3, -0.25) is 0 Å². The molecule has 1 rings (SSSR count). The van der Waals surface area contributed by atoms with Gasteiger partial charge in [0.15, 0.2) is 0 Å². The van der Waals surface area contributed by atoms with E-state index in [-0.39, 0.29) is 4.75 Å². The first-order chi connectivity index (χ1) is 6.90. The van der Waals surface area contributed by atoms with Crippen molar-refractivity contribution in [2.45, 2.75) is 25.5 Å². The van der Waals surface area contributed by atoms with Crippen LogP contribution in [0.25, 0.3) is 0 Å². The van der Waals surface area contributed by atoms with Crippen LogP contribution in [0, 0.1) is 0 Å². The monoisotopic (exact) mass is 262 g/mol. The fourth-order valence-corrected chi connectivity index (χ4v) is 1.61. The van der Waals surface area contributed by atoms with Crippen LogP contribution < -0.4 is 0 Å². The molecule has 0 radical (unpaired) electrons. The third kappa shape index (κ3) is 4.41. The molecule has 0 amide bonds. The van der Waals surface area contributed by atoms with E-state index in [1.54, 1.807) is 18.2 Å². The molecule has 0 aliphatic heterocycles. The van der Waals surface area contributed by atoms with E-state index in [1.165, 1.54) is 11.9 Å². The Hall–Kier alpha value is -0.250. The minimum Gasteiger partial charge on any atom is -0.141 e. The topological polar surface area (TPSA) is 24.7 Å². The van der Waals surface area contributed by atoms with Crippen LogP contribution in [0.1, 0.15) is 20.8 Å². The molecule has 0 spiro atoms. The third-order valence-corrected chi connectivity index (χ3v) is 2.71. The van der Waals surface area contributed by atoms with Crippen LogP contribution in [0.3, 0.4) is 0 Å². The van der Waals surface area contributed by atoms with E-state index in [4.69, 9.17) is 23.2 Å². The summed E-state index contributed by atoms with van der Waals surface area (Å²) in [4.78, 5) is 0. The van der Waals surface area contributed by atoms with Gasteiger partial charge in [0.2, 0.25) is 0 Å². The second-order valence-corrected chi connectivity index (χ2v) is 6.34. The van der Waals surface area contributed by atoms with Crippen LogP contribution in [-0.4, -0.2) is 4.75 Å². The van der Waals surface area contributed by atoms with Gasteiger partial charge in [-0.15, -0.1) is 9.63 Å². The fraction of sp³-hybridized carbons (Fsp3) is 0.400. The van der Waals surface area contributed by atoms with Crippen molar-refractivity contribution in [3.05, 3.63) is 28.2 Å². The lowest BCUT2D eigenvalue weighted by Gasteiger charge is -2.11. The average molecular weight is 263 g/mol. The first-order valence-corrected chi connectivity index (χ1v) is 5.96. The Labute approximate surface area is 104 Å². The van der Waals surface area contributed by atoms with Crippen molar-refractivity contribution in [2.75, 3.05) is 0 Å². The predicted octanol–water partition coefficient (Wildman–Crippen LogP) is 5.52. The van der Waals surface area contributed by atoms with Gasteiger partial charge in [-0.2, -0.15) is 0 Å². The van der Waals surface area contributed by atoms with Gasteiger partial charge in [-0.05, 0) is 32.9 Å². The number of halogens is 2. The summed E-state index contributed by atoms with van der Waals surface area (Å²) in [6.07, 6.45) is 0. The molecule has 2 nitrogen and oxygen atoms in total. The lowest BCUT2D eigenvalue weighted by molar-refractivity contribution is 0.802. The van der Waals surface area contributed by atoms with Crippen LogP contribution >= 0.6 is 35.1 Å². The van der Waals surface area contributed by atoms with Crippen molar-refractivity contribution in [1.82, 2.24) is 0 Å². The summed E-state index contributed by atoms with van der Waals surface area (Å²) < 4.78 is 4.05. The summed E-state index contributed by atoms with van der Waals surface area (Å²) in [5.74, 6) is 0. The Morgan fingerprint density at radius 2 is 1.67 bits per heavy atom. The summed E-state index contributed by atoms with van der Waals surface area (Å²) in [5.41, 5.74) is 0.526. The zero-order chi connectivity index (χ0) is 11.5. The molecule has 0 saturated carbocycles. The lowest BCUT2D eigenvalue weighted by atomic mass is 10.3. The minimum atomic E-state index is 0.0389. The van der Waals surface area contributed by atoms with Crippen molar-refractivity contribution in [3.63, 3.8) is 0 Å². The van der Waals surface area contributed by atoms with E-state index in [1.807, 2.05) is 0 Å². The molecule has 0 N–H and O–H groups in total. The van der Waals surface area contributed by atoms with Gasteiger partial charge < -0.3 is 0 Å². The molecule has 0 heterocycles. The minimum absolute atomic E-state index is 0.0389. The van der Waals surface area contributed by atoms with Crippen LogP contribution in [0.5, 0.6) is 0 Å². The van der Waals surface area contributed by atoms with Crippen LogP contribution in [0.4, 0.5) is 5.69 Å². The number of nitrogens with zero attached hydrogens (tertiary/aromatic N) is 2. The largest absolute Gasteiger partial charge is 0.141 e. The van der Waals surface area contributed by atoms with Crippen LogP contribution in [-0.2, 0) is 0 Å². The number of benzene rings is 1. The molecule has 0 aromatic heterocycles. The molecular formula is C10H12Cl2N2S. The van der Waals surface area contributed by atoms with Crippen molar-refractivity contribution in [3.8, 4) is 0 Å². The number of hydrogen-bond acceptors (Lipinski definition) is 3. The van der Waals surface area contributed by atoms with Gasteiger partial charge in [-0.25, -0.2) is 0 Å². The molecular weight excluding hydrogens is 251 g/mol. The molecule has 0 aliphatic carbocycles. The molecule has 5 heteroatoms. The highest BCUT2D eigenvalue weighted by atomic mass is 35.5. The second kappa shape index (κ2) is 5.19. The standard InChI is InChI=1S/C10H12Cl2N2S/c1-10(2,3)15-14-13-9-7(11)5-4-6-8(9)12/h4-6H,1-3H3. The maximum atomic E-state index is 5.93. The molecule has 0 aliphatic rings. The molecule has 0 unspecified atom stereocenters. The van der Waals surface area contributed by atoms with Gasteiger partial charge in [0.1, 0.15) is 5.69 Å². The molecule has 0 bridgehead atoms. The maximum Gasteiger partial charge on any atom is 0.123 e. The normalized spacial score (nSPS) is 12.3. The van der Waals surface area contributed by atoms with E-state index in [9.17, 15) is 0 Å². The number of rotatable bonds is 2. The molecule has 82 valence electrons. The molecule has 1 aromatic rings. The summed E-state index contributed by atoms with van der Waals surface area (Å²) in [7, 11) is 0. The van der Waals surface area contributed by atoms with E-state index >= 15 is 0 Å². The van der Waals surface area contributed by atoms with E-state index < -0.39 is 0 Å². The van der Waals surface area contributed by atoms with Crippen molar-refractivity contribution in [2.24, 2.45) is 9.63 Å². The quantitative estimate of drug-likeness (QED) is 0.509. The fourth-order valence-electron chi connectivity index (χ4n) is 0.768. The highest BCUT2D eigenvalue weighted by molar-refractivity contribution is 7.99. The Balaban J connectivity index is 2.81. The van der Waals surface area contributed by atoms with E-state index in [0.717, 1.165) is 0 Å². The van der Waals surface area contributed by atoms with Crippen molar-refractivity contribution >= 4 is 40.8 Å². The summed E-state index contributed by atoms with van der Waals surface area (Å²) >= 11 is 13.3. The van der Waals surface area contributed by atoms with Gasteiger partial charge in [0.05, 0.1) is 10.0 Å². The number of hydrogen-bond donors (Lipinski definition) is 0. The highest BCUT2D eigenvalue weighted by Crippen LogP contribution is 2.35. The Kier molecular flexibility index (Phi) is 4.44. The summed E-state index contributed by atoms with van der Waals surface area (Å²) in [5, 5.41) is 5.04. The first-order valence-electron chi connectivity index (χ1n) is 4.43. The maximum absolute atomic E-state index is 5.93. The zero-order valence-corrected chi connectivity index (χ0v) is 11.1. The Bertz CT molecular complexity index is 352. The predicted molar refractivity (Wildman–Crippen MR) is 68.3 cm³/mol. The molecule has 1 aromatic carbocycles. The first kappa shape index (κ1) is 12.8. The SMILES string of the molecule is CC(C)(C)SN=Nc1c(Cl)cccc1Cl. The highest BCUT2D eigenvalue weighted by Gasteiger charge is 2.10. The Morgan fingerprint density at radius 3 is 2.13 bits per heavy atom. The van der Waals surface area contributed by atoms with Crippen LogP contribution in [0.15, 0.2) is 27.8 Å². The van der Waals surface area contributed by atoms with E-state index in [0.29, 0.717) is 15.7 Å². The van der Waals surface area contributed by atoms with Gasteiger partial charge in [0.25, 0.3) is 0 Å². The second-order valence-electron chi connectivity index (χ2n) is 3.96. The van der Waals surface area contributed by atoms with E-state index in [2.05, 4.69) is 30.4 Å². The third-order valence-electron chi connectivity index (χ3n) is 1.39. The smallest absolute Gasteiger partial charge is 0.123 e. The molecule has 0 atom stereocenters. The molecule has 0 fully saturated rings. The summed E-state index contributed by atoms with van der Waals surface area (Å²) in [6.45, 7) is 6.18. The van der Waals surface area contributed by atoms with Gasteiger partial charge in [-0.1, -0.05) is 29.3 Å². The summed E-state index contributed by atoms with van der Waals surface area (Å²) in [6, 6.07) is 5.26. The average Bonchev–Trinajstić information content (AvgIpc) is 2.08. The van der Waals surface area contributed by atoms with Gasteiger partial charge in [0, 0.05) is 16.7 Å². The van der Waals surface area contributed by atoms with Gasteiger partial charge >= 0.3 is 0 Å².